The van der Waals surface area contributed by atoms with E-state index < -0.39 is 10.0 Å². The van der Waals surface area contributed by atoms with Gasteiger partial charge in [-0.15, -0.1) is 0 Å². The van der Waals surface area contributed by atoms with E-state index in [1.807, 2.05) is 25.1 Å². The van der Waals surface area contributed by atoms with Gasteiger partial charge in [-0.3, -0.25) is 4.79 Å². The molecule has 28 heavy (non-hydrogen) atoms. The lowest BCUT2D eigenvalue weighted by Gasteiger charge is -2.10. The first kappa shape index (κ1) is 20.1. The summed E-state index contributed by atoms with van der Waals surface area (Å²) in [7, 11) is -3.47. The van der Waals surface area contributed by atoms with Crippen LogP contribution in [0.2, 0.25) is 0 Å². The Kier molecular flexibility index (Phi) is 6.49. The second-order valence-electron chi connectivity index (χ2n) is 6.63. The van der Waals surface area contributed by atoms with Crippen LogP contribution in [0, 0.1) is 0 Å². The van der Waals surface area contributed by atoms with E-state index in [-0.39, 0.29) is 16.8 Å². The zero-order valence-electron chi connectivity index (χ0n) is 15.7. The van der Waals surface area contributed by atoms with Gasteiger partial charge in [-0.25, -0.2) is 13.1 Å². The van der Waals surface area contributed by atoms with E-state index in [0.717, 1.165) is 24.8 Å². The standard InChI is InChI=1S/C21H24N2O4S/c1-2-15-27-20-6-4-3-5-19(20)22-21(24)14-9-16-7-12-18(13-8-16)28(25,26)23-17-10-11-17/h3-9,12-14,17,23H,2,10-11,15H2,1H3,(H,22,24)/b14-9+. The summed E-state index contributed by atoms with van der Waals surface area (Å²) >= 11 is 0. The van der Waals surface area contributed by atoms with Gasteiger partial charge in [0.25, 0.3) is 0 Å². The van der Waals surface area contributed by atoms with Crippen LogP contribution in [-0.4, -0.2) is 27.0 Å². The molecule has 2 aromatic rings. The number of amides is 1. The highest BCUT2D eigenvalue weighted by Gasteiger charge is 2.27. The fourth-order valence-electron chi connectivity index (χ4n) is 2.50. The number of ether oxygens (including phenoxy) is 1. The third kappa shape index (κ3) is 5.68. The number of sulfonamides is 1. The van der Waals surface area contributed by atoms with Crippen molar-refractivity contribution in [2.45, 2.75) is 37.1 Å². The van der Waals surface area contributed by atoms with Crippen molar-refractivity contribution in [3.8, 4) is 5.75 Å². The molecule has 0 spiro atoms. The number of anilines is 1. The fraction of sp³-hybridized carbons (Fsp3) is 0.286. The summed E-state index contributed by atoms with van der Waals surface area (Å²) in [6, 6.07) is 13.8. The molecule has 0 unspecified atom stereocenters. The van der Waals surface area contributed by atoms with Gasteiger partial charge in [0.1, 0.15) is 5.75 Å². The number of carbonyl (C=O) groups is 1. The molecular formula is C21H24N2O4S. The molecule has 1 saturated carbocycles. The van der Waals surface area contributed by atoms with Crippen LogP contribution in [0.1, 0.15) is 31.7 Å². The molecule has 0 heterocycles. The summed E-state index contributed by atoms with van der Waals surface area (Å²) < 4.78 is 32.6. The van der Waals surface area contributed by atoms with Crippen LogP contribution in [-0.2, 0) is 14.8 Å². The third-order valence-electron chi connectivity index (χ3n) is 4.12. The van der Waals surface area contributed by atoms with Crippen molar-refractivity contribution in [3.05, 3.63) is 60.2 Å². The maximum atomic E-state index is 12.2. The summed E-state index contributed by atoms with van der Waals surface area (Å²) in [5.74, 6) is 0.337. The van der Waals surface area contributed by atoms with Crippen molar-refractivity contribution in [2.24, 2.45) is 0 Å². The predicted octanol–water partition coefficient (Wildman–Crippen LogP) is 3.57. The lowest BCUT2D eigenvalue weighted by Crippen LogP contribution is -2.25. The molecule has 0 aliphatic heterocycles. The molecule has 7 heteroatoms. The maximum absolute atomic E-state index is 12.2. The van der Waals surface area contributed by atoms with Crippen molar-refractivity contribution in [2.75, 3.05) is 11.9 Å². The molecule has 1 aliphatic rings. The molecule has 0 saturated heterocycles. The van der Waals surface area contributed by atoms with E-state index in [0.29, 0.717) is 18.0 Å². The number of carbonyl (C=O) groups excluding carboxylic acids is 1. The molecule has 1 amide bonds. The lowest BCUT2D eigenvalue weighted by molar-refractivity contribution is -0.111. The molecular weight excluding hydrogens is 376 g/mol. The van der Waals surface area contributed by atoms with Crippen LogP contribution in [0.3, 0.4) is 0 Å². The monoisotopic (exact) mass is 400 g/mol. The van der Waals surface area contributed by atoms with Crippen molar-refractivity contribution in [1.82, 2.24) is 4.72 Å². The van der Waals surface area contributed by atoms with E-state index in [9.17, 15) is 13.2 Å². The zero-order valence-corrected chi connectivity index (χ0v) is 16.5. The Morgan fingerprint density at radius 2 is 1.86 bits per heavy atom. The van der Waals surface area contributed by atoms with Crippen LogP contribution < -0.4 is 14.8 Å². The van der Waals surface area contributed by atoms with Gasteiger partial charge in [-0.1, -0.05) is 31.2 Å². The predicted molar refractivity (Wildman–Crippen MR) is 110 cm³/mol. The summed E-state index contributed by atoms with van der Waals surface area (Å²) in [5, 5.41) is 2.80. The molecule has 3 rings (SSSR count). The summed E-state index contributed by atoms with van der Waals surface area (Å²) in [4.78, 5) is 12.4. The molecule has 2 N–H and O–H groups in total. The van der Waals surface area contributed by atoms with Crippen LogP contribution in [0.4, 0.5) is 5.69 Å². The average Bonchev–Trinajstić information content (AvgIpc) is 3.49. The third-order valence-corrected chi connectivity index (χ3v) is 5.66. The summed E-state index contributed by atoms with van der Waals surface area (Å²) in [6.07, 6.45) is 5.70. The highest BCUT2D eigenvalue weighted by molar-refractivity contribution is 7.89. The molecule has 0 aromatic heterocycles. The van der Waals surface area contributed by atoms with Gasteiger partial charge in [0.05, 0.1) is 17.2 Å². The van der Waals surface area contributed by atoms with E-state index in [1.54, 1.807) is 24.3 Å². The molecule has 0 radical (unpaired) electrons. The van der Waals surface area contributed by atoms with Crippen LogP contribution in [0.5, 0.6) is 5.75 Å². The van der Waals surface area contributed by atoms with Gasteiger partial charge in [-0.2, -0.15) is 0 Å². The molecule has 1 aliphatic carbocycles. The average molecular weight is 401 g/mol. The number of benzene rings is 2. The van der Waals surface area contributed by atoms with Crippen molar-refractivity contribution in [3.63, 3.8) is 0 Å². The topological polar surface area (TPSA) is 84.5 Å². The zero-order chi connectivity index (χ0) is 20.0. The van der Waals surface area contributed by atoms with E-state index in [2.05, 4.69) is 10.0 Å². The van der Waals surface area contributed by atoms with Crippen molar-refractivity contribution < 1.29 is 17.9 Å². The Balaban J connectivity index is 1.61. The lowest BCUT2D eigenvalue weighted by atomic mass is 10.2. The second kappa shape index (κ2) is 9.03. The van der Waals surface area contributed by atoms with E-state index in [1.165, 1.54) is 18.2 Å². The minimum atomic E-state index is -3.47. The van der Waals surface area contributed by atoms with Gasteiger partial charge in [-0.05, 0) is 55.2 Å². The second-order valence-corrected chi connectivity index (χ2v) is 8.35. The normalized spacial score (nSPS) is 14.2. The highest BCUT2D eigenvalue weighted by atomic mass is 32.2. The molecule has 6 nitrogen and oxygen atoms in total. The molecule has 0 atom stereocenters. The van der Waals surface area contributed by atoms with E-state index >= 15 is 0 Å². The van der Waals surface area contributed by atoms with Crippen molar-refractivity contribution in [1.29, 1.82) is 0 Å². The number of rotatable bonds is 9. The molecule has 2 aromatic carbocycles. The first-order valence-corrected chi connectivity index (χ1v) is 10.8. The fourth-order valence-corrected chi connectivity index (χ4v) is 3.81. The minimum Gasteiger partial charge on any atom is -0.491 e. The number of hydrogen-bond donors (Lipinski definition) is 2. The Labute approximate surface area is 165 Å². The van der Waals surface area contributed by atoms with Crippen LogP contribution >= 0.6 is 0 Å². The smallest absolute Gasteiger partial charge is 0.248 e. The summed E-state index contributed by atoms with van der Waals surface area (Å²) in [5.41, 5.74) is 1.34. The highest BCUT2D eigenvalue weighted by Crippen LogP contribution is 2.24. The Morgan fingerprint density at radius 3 is 2.54 bits per heavy atom. The van der Waals surface area contributed by atoms with Gasteiger partial charge >= 0.3 is 0 Å². The van der Waals surface area contributed by atoms with Gasteiger partial charge in [0.2, 0.25) is 15.9 Å². The van der Waals surface area contributed by atoms with Gasteiger partial charge in [0.15, 0.2) is 0 Å². The number of nitrogens with one attached hydrogen (secondary N) is 2. The van der Waals surface area contributed by atoms with E-state index in [4.69, 9.17) is 4.74 Å². The minimum absolute atomic E-state index is 0.0671. The Hall–Kier alpha value is -2.64. The molecule has 0 bridgehead atoms. The number of para-hydroxylation sites is 2. The first-order chi connectivity index (χ1) is 13.5. The summed E-state index contributed by atoms with van der Waals surface area (Å²) in [6.45, 7) is 2.59. The van der Waals surface area contributed by atoms with Gasteiger partial charge in [0, 0.05) is 12.1 Å². The number of hydrogen-bond acceptors (Lipinski definition) is 4. The van der Waals surface area contributed by atoms with Gasteiger partial charge < -0.3 is 10.1 Å². The quantitative estimate of drug-likeness (QED) is 0.630. The van der Waals surface area contributed by atoms with Crippen LogP contribution in [0.25, 0.3) is 6.08 Å². The Morgan fingerprint density at radius 1 is 1.14 bits per heavy atom. The largest absolute Gasteiger partial charge is 0.491 e. The first-order valence-electron chi connectivity index (χ1n) is 9.31. The maximum Gasteiger partial charge on any atom is 0.248 e. The van der Waals surface area contributed by atoms with Crippen molar-refractivity contribution >= 4 is 27.7 Å². The molecule has 1 fully saturated rings. The SMILES string of the molecule is CCCOc1ccccc1NC(=O)/C=C/c1ccc(S(=O)(=O)NC2CC2)cc1. The Bertz CT molecular complexity index is 949. The molecule has 148 valence electrons. The van der Waals surface area contributed by atoms with Crippen LogP contribution in [0.15, 0.2) is 59.5 Å².